The summed E-state index contributed by atoms with van der Waals surface area (Å²) in [5.41, 5.74) is 13.2. The molecule has 0 unspecified atom stereocenters. The highest BCUT2D eigenvalue weighted by atomic mass is 16.5. The highest BCUT2D eigenvalue weighted by Crippen LogP contribution is 2.21. The van der Waals surface area contributed by atoms with E-state index in [-0.39, 0.29) is 13.2 Å². The molecule has 0 heterocycles. The zero-order valence-electron chi connectivity index (χ0n) is 15.1. The zero-order valence-corrected chi connectivity index (χ0v) is 15.1. The molecule has 3 rings (SSSR count). The second-order valence-electron chi connectivity index (χ2n) is 6.12. The quantitative estimate of drug-likeness (QED) is 0.630. The van der Waals surface area contributed by atoms with Gasteiger partial charge in [-0.3, -0.25) is 9.59 Å². The zero-order chi connectivity index (χ0) is 19.9. The van der Waals surface area contributed by atoms with Gasteiger partial charge in [0.05, 0.1) is 11.1 Å². The van der Waals surface area contributed by atoms with E-state index in [4.69, 9.17) is 20.9 Å². The second kappa shape index (κ2) is 8.73. The average molecular weight is 376 g/mol. The lowest BCUT2D eigenvalue weighted by atomic mass is 10.1. The van der Waals surface area contributed by atoms with Gasteiger partial charge in [-0.2, -0.15) is 0 Å². The minimum absolute atomic E-state index is 0.274. The minimum atomic E-state index is -0.536. The molecule has 0 fully saturated rings. The van der Waals surface area contributed by atoms with E-state index in [1.54, 1.807) is 48.5 Å². The maximum Gasteiger partial charge on any atom is 0.252 e. The summed E-state index contributed by atoms with van der Waals surface area (Å²) >= 11 is 0. The first-order valence-corrected chi connectivity index (χ1v) is 8.65. The van der Waals surface area contributed by atoms with Gasteiger partial charge in [-0.15, -0.1) is 0 Å². The lowest BCUT2D eigenvalue weighted by Gasteiger charge is -2.12. The van der Waals surface area contributed by atoms with Gasteiger partial charge in [-0.25, -0.2) is 0 Å². The van der Waals surface area contributed by atoms with Crippen LogP contribution < -0.4 is 20.9 Å². The van der Waals surface area contributed by atoms with Gasteiger partial charge in [-0.05, 0) is 41.5 Å². The highest BCUT2D eigenvalue weighted by Gasteiger charge is 2.10. The minimum Gasteiger partial charge on any atom is -0.488 e. The lowest BCUT2D eigenvalue weighted by molar-refractivity contribution is 0.0987. The van der Waals surface area contributed by atoms with Crippen molar-refractivity contribution >= 4 is 11.8 Å². The van der Waals surface area contributed by atoms with Crippen LogP contribution in [0.5, 0.6) is 11.5 Å². The molecular formula is C22H20N2O4. The first-order chi connectivity index (χ1) is 13.5. The van der Waals surface area contributed by atoms with Gasteiger partial charge in [0.15, 0.2) is 0 Å². The standard InChI is InChI=1S/C22H20N2O4/c23-21(25)17-8-1-3-10-19(17)27-13-15-6-5-7-16(12-15)14-28-20-11-4-2-9-18(20)22(24)26/h1-12H,13-14H2,(H2,23,25)(H2,24,26). The molecule has 0 atom stereocenters. The van der Waals surface area contributed by atoms with Crippen LogP contribution in [0.3, 0.4) is 0 Å². The Bertz CT molecular complexity index is 924. The summed E-state index contributed by atoms with van der Waals surface area (Å²) in [6.45, 7) is 0.548. The molecule has 0 saturated heterocycles. The molecule has 142 valence electrons. The summed E-state index contributed by atoms with van der Waals surface area (Å²) in [7, 11) is 0. The van der Waals surface area contributed by atoms with Crippen LogP contribution >= 0.6 is 0 Å². The number of ether oxygens (including phenoxy) is 2. The molecule has 3 aromatic rings. The number of benzene rings is 3. The molecule has 6 heteroatoms. The molecule has 0 aromatic heterocycles. The average Bonchev–Trinajstić information content (AvgIpc) is 2.71. The van der Waals surface area contributed by atoms with Gasteiger partial charge >= 0.3 is 0 Å². The summed E-state index contributed by atoms with van der Waals surface area (Å²) in [5, 5.41) is 0. The molecule has 28 heavy (non-hydrogen) atoms. The van der Waals surface area contributed by atoms with Gasteiger partial charge in [0.1, 0.15) is 24.7 Å². The molecule has 2 amide bonds. The Morgan fingerprint density at radius 3 is 1.50 bits per heavy atom. The fraction of sp³-hybridized carbons (Fsp3) is 0.0909. The Labute approximate surface area is 162 Å². The van der Waals surface area contributed by atoms with Crippen LogP contribution in [0.25, 0.3) is 0 Å². The molecule has 0 aliphatic rings. The van der Waals surface area contributed by atoms with Gasteiger partial charge in [-0.1, -0.05) is 42.5 Å². The third-order valence-electron chi connectivity index (χ3n) is 4.09. The number of primary amides is 2. The lowest BCUT2D eigenvalue weighted by Crippen LogP contribution is -2.13. The molecular weight excluding hydrogens is 356 g/mol. The predicted octanol–water partition coefficient (Wildman–Crippen LogP) is 3.04. The summed E-state index contributed by atoms with van der Waals surface area (Å²) in [6, 6.07) is 21.3. The number of carbonyl (C=O) groups excluding carboxylic acids is 2. The summed E-state index contributed by atoms with van der Waals surface area (Å²) < 4.78 is 11.5. The normalized spacial score (nSPS) is 10.3. The van der Waals surface area contributed by atoms with E-state index in [0.29, 0.717) is 22.6 Å². The number of para-hydroxylation sites is 2. The van der Waals surface area contributed by atoms with Crippen molar-refractivity contribution in [2.75, 3.05) is 0 Å². The van der Waals surface area contributed by atoms with Crippen LogP contribution in [0.4, 0.5) is 0 Å². The molecule has 0 bridgehead atoms. The summed E-state index contributed by atoms with van der Waals surface area (Å²) in [4.78, 5) is 23.0. The van der Waals surface area contributed by atoms with Crippen molar-refractivity contribution in [1.29, 1.82) is 0 Å². The SMILES string of the molecule is NC(=O)c1ccccc1OCc1cccc(COc2ccccc2C(N)=O)c1. The van der Waals surface area contributed by atoms with Crippen molar-refractivity contribution in [1.82, 2.24) is 0 Å². The van der Waals surface area contributed by atoms with E-state index in [9.17, 15) is 9.59 Å². The fourth-order valence-corrected chi connectivity index (χ4v) is 2.72. The Morgan fingerprint density at radius 2 is 1.07 bits per heavy atom. The summed E-state index contributed by atoms with van der Waals surface area (Å²) in [6.07, 6.45) is 0. The van der Waals surface area contributed by atoms with E-state index >= 15 is 0 Å². The smallest absolute Gasteiger partial charge is 0.252 e. The van der Waals surface area contributed by atoms with Crippen molar-refractivity contribution in [2.45, 2.75) is 13.2 Å². The first kappa shape index (κ1) is 19.0. The monoisotopic (exact) mass is 376 g/mol. The Kier molecular flexibility index (Phi) is 5.91. The van der Waals surface area contributed by atoms with Crippen LogP contribution in [0.15, 0.2) is 72.8 Å². The van der Waals surface area contributed by atoms with Crippen molar-refractivity contribution in [2.24, 2.45) is 11.5 Å². The van der Waals surface area contributed by atoms with E-state index in [2.05, 4.69) is 0 Å². The molecule has 6 nitrogen and oxygen atoms in total. The Morgan fingerprint density at radius 1 is 0.643 bits per heavy atom. The van der Waals surface area contributed by atoms with Crippen molar-refractivity contribution < 1.29 is 19.1 Å². The Balaban J connectivity index is 1.67. The predicted molar refractivity (Wildman–Crippen MR) is 105 cm³/mol. The van der Waals surface area contributed by atoms with E-state index < -0.39 is 11.8 Å². The van der Waals surface area contributed by atoms with E-state index in [1.165, 1.54) is 0 Å². The summed E-state index contributed by atoms with van der Waals surface area (Å²) in [5.74, 6) is -0.198. The third kappa shape index (κ3) is 4.67. The van der Waals surface area contributed by atoms with Crippen LogP contribution in [0.2, 0.25) is 0 Å². The maximum atomic E-state index is 11.5. The maximum absolute atomic E-state index is 11.5. The molecule has 0 radical (unpaired) electrons. The van der Waals surface area contributed by atoms with Crippen molar-refractivity contribution in [3.05, 3.63) is 95.1 Å². The number of hydrogen-bond acceptors (Lipinski definition) is 4. The van der Waals surface area contributed by atoms with Gasteiger partial charge < -0.3 is 20.9 Å². The topological polar surface area (TPSA) is 105 Å². The van der Waals surface area contributed by atoms with Crippen LogP contribution in [-0.4, -0.2) is 11.8 Å². The molecule has 4 N–H and O–H groups in total. The molecule has 0 aliphatic heterocycles. The number of nitrogens with two attached hydrogens (primary N) is 2. The number of carbonyl (C=O) groups is 2. The van der Waals surface area contributed by atoms with Gasteiger partial charge in [0, 0.05) is 0 Å². The molecule has 0 aliphatic carbocycles. The van der Waals surface area contributed by atoms with Gasteiger partial charge in [0.2, 0.25) is 0 Å². The van der Waals surface area contributed by atoms with Crippen molar-refractivity contribution in [3.8, 4) is 11.5 Å². The molecule has 0 spiro atoms. The number of rotatable bonds is 8. The van der Waals surface area contributed by atoms with Crippen LogP contribution in [0.1, 0.15) is 31.8 Å². The Hall–Kier alpha value is -3.80. The van der Waals surface area contributed by atoms with Gasteiger partial charge in [0.25, 0.3) is 11.8 Å². The largest absolute Gasteiger partial charge is 0.488 e. The highest BCUT2D eigenvalue weighted by molar-refractivity contribution is 5.96. The van der Waals surface area contributed by atoms with E-state index in [1.807, 2.05) is 24.3 Å². The van der Waals surface area contributed by atoms with Crippen molar-refractivity contribution in [3.63, 3.8) is 0 Å². The molecule has 3 aromatic carbocycles. The van der Waals surface area contributed by atoms with Crippen LogP contribution in [-0.2, 0) is 13.2 Å². The first-order valence-electron chi connectivity index (χ1n) is 8.65. The van der Waals surface area contributed by atoms with Crippen LogP contribution in [0, 0.1) is 0 Å². The number of hydrogen-bond donors (Lipinski definition) is 2. The van der Waals surface area contributed by atoms with E-state index in [0.717, 1.165) is 11.1 Å². The third-order valence-corrected chi connectivity index (χ3v) is 4.09. The number of amides is 2. The second-order valence-corrected chi connectivity index (χ2v) is 6.12. The molecule has 0 saturated carbocycles. The fourth-order valence-electron chi connectivity index (χ4n) is 2.72.